The fourth-order valence-electron chi connectivity index (χ4n) is 3.42. The minimum atomic E-state index is -0.465. The molecule has 26 heavy (non-hydrogen) atoms. The predicted octanol–water partition coefficient (Wildman–Crippen LogP) is 3.64. The smallest absolute Gasteiger partial charge is 0.261 e. The van der Waals surface area contributed by atoms with Gasteiger partial charge in [-0.25, -0.2) is 4.39 Å². The summed E-state index contributed by atoms with van der Waals surface area (Å²) in [6, 6.07) is 19.9. The van der Waals surface area contributed by atoms with Crippen molar-refractivity contribution in [2.75, 3.05) is 13.2 Å². The molecule has 0 bridgehead atoms. The van der Waals surface area contributed by atoms with Crippen LogP contribution in [0.2, 0.25) is 0 Å². The van der Waals surface area contributed by atoms with Gasteiger partial charge in [0.1, 0.15) is 0 Å². The van der Waals surface area contributed by atoms with Crippen LogP contribution in [0.4, 0.5) is 4.39 Å². The maximum absolute atomic E-state index is 13.7. The average molecular weight is 350 g/mol. The molecule has 132 valence electrons. The number of fused-ring (bicyclic) bond motifs is 1. The van der Waals surface area contributed by atoms with Gasteiger partial charge in [-0.2, -0.15) is 0 Å². The van der Waals surface area contributed by atoms with Gasteiger partial charge >= 0.3 is 0 Å². The van der Waals surface area contributed by atoms with E-state index >= 15 is 0 Å². The van der Waals surface area contributed by atoms with Crippen molar-refractivity contribution >= 4 is 5.91 Å². The number of halogens is 1. The highest BCUT2D eigenvalue weighted by Gasteiger charge is 2.32. The summed E-state index contributed by atoms with van der Waals surface area (Å²) in [5.74, 6) is -0.528. The second-order valence-corrected chi connectivity index (χ2v) is 6.25. The summed E-state index contributed by atoms with van der Waals surface area (Å²) >= 11 is 0. The second kappa shape index (κ2) is 7.04. The number of para-hydroxylation sites is 1. The minimum absolute atomic E-state index is 0.0949. The average Bonchev–Trinajstić information content (AvgIpc) is 3.16. The van der Waals surface area contributed by atoms with E-state index in [0.717, 1.165) is 17.8 Å². The van der Waals surface area contributed by atoms with Crippen molar-refractivity contribution in [1.29, 1.82) is 0 Å². The first kappa shape index (κ1) is 16.4. The second-order valence-electron chi connectivity index (χ2n) is 6.25. The number of hydrogen-bond acceptors (Lipinski definition) is 2. The molecule has 0 aliphatic carbocycles. The molecular weight excluding hydrogens is 331 g/mol. The molecule has 2 heterocycles. The Morgan fingerprint density at radius 2 is 1.77 bits per heavy atom. The Hall–Kier alpha value is -3.08. The van der Waals surface area contributed by atoms with Gasteiger partial charge in [0.2, 0.25) is 0 Å². The molecule has 1 unspecified atom stereocenters. The first-order valence-electron chi connectivity index (χ1n) is 8.61. The number of carbonyl (C=O) groups excluding carboxylic acids is 1. The largest absolute Gasteiger partial charge is 0.481 e. The highest BCUT2D eigenvalue weighted by Crippen LogP contribution is 2.32. The Morgan fingerprint density at radius 3 is 2.58 bits per heavy atom. The van der Waals surface area contributed by atoms with Gasteiger partial charge in [-0.3, -0.25) is 4.79 Å². The van der Waals surface area contributed by atoms with Gasteiger partial charge in [0.15, 0.2) is 18.2 Å². The number of ether oxygens (including phenoxy) is 1. The van der Waals surface area contributed by atoms with E-state index in [0.29, 0.717) is 6.54 Å². The van der Waals surface area contributed by atoms with E-state index in [2.05, 4.69) is 4.57 Å². The van der Waals surface area contributed by atoms with Crippen LogP contribution in [0.5, 0.6) is 5.75 Å². The lowest BCUT2D eigenvalue weighted by atomic mass is 10.00. The number of nitrogens with zero attached hydrogens (tertiary/aromatic N) is 2. The highest BCUT2D eigenvalue weighted by atomic mass is 19.1. The molecule has 0 saturated carbocycles. The molecule has 0 radical (unpaired) electrons. The summed E-state index contributed by atoms with van der Waals surface area (Å²) in [5.41, 5.74) is 2.12. The Labute approximate surface area is 151 Å². The summed E-state index contributed by atoms with van der Waals surface area (Å²) in [4.78, 5) is 14.7. The van der Waals surface area contributed by atoms with E-state index < -0.39 is 5.82 Å². The summed E-state index contributed by atoms with van der Waals surface area (Å²) in [6.07, 6.45) is 2.03. The maximum Gasteiger partial charge on any atom is 0.261 e. The number of hydrogen-bond donors (Lipinski definition) is 0. The molecule has 4 rings (SSSR count). The minimum Gasteiger partial charge on any atom is -0.481 e. The highest BCUT2D eigenvalue weighted by molar-refractivity contribution is 5.79. The van der Waals surface area contributed by atoms with Gasteiger partial charge in [-0.15, -0.1) is 0 Å². The number of rotatable bonds is 4. The molecule has 0 N–H and O–H groups in total. The van der Waals surface area contributed by atoms with Crippen LogP contribution in [-0.4, -0.2) is 28.5 Å². The third kappa shape index (κ3) is 3.08. The maximum atomic E-state index is 13.7. The Kier molecular flexibility index (Phi) is 4.44. The SMILES string of the molecule is O=C(COc1ccccc1F)N1CCn2cccc2C1c1ccccc1. The van der Waals surface area contributed by atoms with E-state index in [9.17, 15) is 9.18 Å². The molecule has 1 amide bonds. The predicted molar refractivity (Wildman–Crippen MR) is 96.3 cm³/mol. The molecule has 1 atom stereocenters. The van der Waals surface area contributed by atoms with E-state index in [1.807, 2.05) is 53.6 Å². The van der Waals surface area contributed by atoms with Crippen LogP contribution in [0.25, 0.3) is 0 Å². The van der Waals surface area contributed by atoms with Crippen molar-refractivity contribution in [2.45, 2.75) is 12.6 Å². The molecule has 1 aromatic heterocycles. The van der Waals surface area contributed by atoms with Gasteiger partial charge < -0.3 is 14.2 Å². The van der Waals surface area contributed by atoms with Gasteiger partial charge in [-0.1, -0.05) is 42.5 Å². The van der Waals surface area contributed by atoms with Crippen LogP contribution >= 0.6 is 0 Å². The summed E-state index contributed by atoms with van der Waals surface area (Å²) in [5, 5.41) is 0. The quantitative estimate of drug-likeness (QED) is 0.720. The molecule has 0 saturated heterocycles. The molecule has 2 aromatic carbocycles. The summed E-state index contributed by atoms with van der Waals surface area (Å²) < 4.78 is 21.3. The first-order chi connectivity index (χ1) is 12.7. The van der Waals surface area contributed by atoms with Crippen molar-refractivity contribution in [1.82, 2.24) is 9.47 Å². The first-order valence-corrected chi connectivity index (χ1v) is 8.61. The zero-order chi connectivity index (χ0) is 17.9. The standard InChI is InChI=1S/C21H19FN2O2/c22-17-9-4-5-11-19(17)26-15-20(25)24-14-13-23-12-6-10-18(23)21(24)16-7-2-1-3-8-16/h1-12,21H,13-15H2. The Bertz CT molecular complexity index is 907. The van der Waals surface area contributed by atoms with Crippen LogP contribution in [-0.2, 0) is 11.3 Å². The molecule has 3 aromatic rings. The van der Waals surface area contributed by atoms with E-state index in [4.69, 9.17) is 4.74 Å². The number of amides is 1. The van der Waals surface area contributed by atoms with Crippen LogP contribution in [0, 0.1) is 5.82 Å². The number of aromatic nitrogens is 1. The van der Waals surface area contributed by atoms with Crippen LogP contribution in [0.1, 0.15) is 17.3 Å². The lowest BCUT2D eigenvalue weighted by molar-refractivity contribution is -0.136. The van der Waals surface area contributed by atoms with Gasteiger partial charge in [0.25, 0.3) is 5.91 Å². The number of benzene rings is 2. The molecule has 5 heteroatoms. The fourth-order valence-corrected chi connectivity index (χ4v) is 3.42. The van der Waals surface area contributed by atoms with Crippen molar-refractivity contribution in [3.8, 4) is 5.75 Å². The van der Waals surface area contributed by atoms with Gasteiger partial charge in [-0.05, 0) is 29.8 Å². The van der Waals surface area contributed by atoms with Crippen molar-refractivity contribution in [3.05, 3.63) is 90.0 Å². The molecule has 0 fully saturated rings. The van der Waals surface area contributed by atoms with Crippen molar-refractivity contribution in [2.24, 2.45) is 0 Å². The van der Waals surface area contributed by atoms with E-state index in [1.54, 1.807) is 12.1 Å². The lowest BCUT2D eigenvalue weighted by Gasteiger charge is -2.37. The molecule has 4 nitrogen and oxygen atoms in total. The zero-order valence-corrected chi connectivity index (χ0v) is 14.2. The topological polar surface area (TPSA) is 34.5 Å². The zero-order valence-electron chi connectivity index (χ0n) is 14.2. The third-order valence-electron chi connectivity index (χ3n) is 4.66. The Balaban J connectivity index is 1.58. The molecular formula is C21H19FN2O2. The Morgan fingerprint density at radius 1 is 1.00 bits per heavy atom. The normalized spacial score (nSPS) is 16.2. The van der Waals surface area contributed by atoms with E-state index in [1.165, 1.54) is 12.1 Å². The fraction of sp³-hybridized carbons (Fsp3) is 0.190. The van der Waals surface area contributed by atoms with Crippen LogP contribution in [0.3, 0.4) is 0 Å². The summed E-state index contributed by atoms with van der Waals surface area (Å²) in [7, 11) is 0. The van der Waals surface area contributed by atoms with Crippen LogP contribution in [0.15, 0.2) is 72.9 Å². The number of carbonyl (C=O) groups is 1. The lowest BCUT2D eigenvalue weighted by Crippen LogP contribution is -2.44. The van der Waals surface area contributed by atoms with Crippen molar-refractivity contribution in [3.63, 3.8) is 0 Å². The molecule has 1 aliphatic rings. The van der Waals surface area contributed by atoms with Crippen molar-refractivity contribution < 1.29 is 13.9 Å². The molecule has 0 spiro atoms. The van der Waals surface area contributed by atoms with E-state index in [-0.39, 0.29) is 24.3 Å². The summed E-state index contributed by atoms with van der Waals surface area (Å²) in [6.45, 7) is 1.13. The monoisotopic (exact) mass is 350 g/mol. The van der Waals surface area contributed by atoms with Gasteiger partial charge in [0, 0.05) is 25.0 Å². The van der Waals surface area contributed by atoms with Gasteiger partial charge in [0.05, 0.1) is 6.04 Å². The molecule has 1 aliphatic heterocycles. The van der Waals surface area contributed by atoms with Crippen LogP contribution < -0.4 is 4.74 Å². The third-order valence-corrected chi connectivity index (χ3v) is 4.66.